The second kappa shape index (κ2) is 7.44. The molecule has 140 valence electrons. The van der Waals surface area contributed by atoms with Crippen LogP contribution in [0.3, 0.4) is 0 Å². The zero-order valence-electron chi connectivity index (χ0n) is 14.3. The quantitative estimate of drug-likeness (QED) is 0.643. The van der Waals surface area contributed by atoms with Crippen LogP contribution in [0.25, 0.3) is 10.9 Å². The highest BCUT2D eigenvalue weighted by Crippen LogP contribution is 2.31. The average molecular weight is 461 g/mol. The number of alkyl halides is 1. The van der Waals surface area contributed by atoms with Gasteiger partial charge in [0.25, 0.3) is 0 Å². The normalized spacial score (nSPS) is 21.8. The summed E-state index contributed by atoms with van der Waals surface area (Å²) in [6, 6.07) is 5.58. The molecule has 2 N–H and O–H groups in total. The van der Waals surface area contributed by atoms with Crippen molar-refractivity contribution < 1.29 is 13.2 Å². The highest BCUT2D eigenvalue weighted by atomic mass is 79.9. The number of benzene rings is 1. The van der Waals surface area contributed by atoms with Crippen molar-refractivity contribution in [2.24, 2.45) is 0 Å². The van der Waals surface area contributed by atoms with Gasteiger partial charge in [0.1, 0.15) is 5.25 Å². The van der Waals surface area contributed by atoms with E-state index in [0.29, 0.717) is 12.1 Å². The van der Waals surface area contributed by atoms with Gasteiger partial charge in [-0.1, -0.05) is 35.9 Å². The number of aromatic nitrogens is 2. The monoisotopic (exact) mass is 459 g/mol. The Kier molecular flexibility index (Phi) is 5.60. The minimum Gasteiger partial charge on any atom is -0.359 e. The molecule has 0 saturated carbocycles. The molecule has 1 aromatic carbocycles. The molecule has 0 amide bonds. The summed E-state index contributed by atoms with van der Waals surface area (Å²) in [6.07, 6.45) is 5.84. The Morgan fingerprint density at radius 2 is 2.27 bits per heavy atom. The lowest BCUT2D eigenvalue weighted by Gasteiger charge is -2.24. The van der Waals surface area contributed by atoms with Gasteiger partial charge in [0, 0.05) is 29.9 Å². The maximum absolute atomic E-state index is 12.7. The highest BCUT2D eigenvalue weighted by Gasteiger charge is 2.28. The van der Waals surface area contributed by atoms with E-state index in [1.807, 2.05) is 24.3 Å². The molecule has 1 heterocycles. The first kappa shape index (κ1) is 19.6. The summed E-state index contributed by atoms with van der Waals surface area (Å²) >= 11 is 9.63. The van der Waals surface area contributed by atoms with E-state index in [1.165, 1.54) is 7.11 Å². The first-order valence-electron chi connectivity index (χ1n) is 7.99. The van der Waals surface area contributed by atoms with Gasteiger partial charge in [-0.15, -0.1) is 0 Å². The standard InChI is InChI=1S/C17H19BrClN3O3S/c1-11(15-13-4-3-5-14(18)16(13)22-21-15)26(23,24)20-10-12-6-8-17(19,25-2)9-7-12/h3-8,11,20H,9-10H2,1-2H3,(H,21,22). The van der Waals surface area contributed by atoms with Crippen LogP contribution in [0.5, 0.6) is 0 Å². The molecule has 0 spiro atoms. The summed E-state index contributed by atoms with van der Waals surface area (Å²) in [5.74, 6) is 0. The van der Waals surface area contributed by atoms with Gasteiger partial charge in [0.05, 0.1) is 11.2 Å². The largest absolute Gasteiger partial charge is 0.359 e. The van der Waals surface area contributed by atoms with Gasteiger partial charge in [0.15, 0.2) is 5.06 Å². The molecule has 9 heteroatoms. The lowest BCUT2D eigenvalue weighted by molar-refractivity contribution is 0.106. The van der Waals surface area contributed by atoms with Crippen LogP contribution in [0.1, 0.15) is 24.3 Å². The number of methoxy groups -OCH3 is 1. The molecule has 26 heavy (non-hydrogen) atoms. The van der Waals surface area contributed by atoms with Gasteiger partial charge >= 0.3 is 0 Å². The first-order valence-corrected chi connectivity index (χ1v) is 10.7. The number of H-pyrrole nitrogens is 1. The zero-order chi connectivity index (χ0) is 18.9. The van der Waals surface area contributed by atoms with Crippen molar-refractivity contribution in [3.63, 3.8) is 0 Å². The summed E-state index contributed by atoms with van der Waals surface area (Å²) in [7, 11) is -2.07. The van der Waals surface area contributed by atoms with Gasteiger partial charge in [-0.05, 0) is 40.6 Å². The van der Waals surface area contributed by atoms with Crippen LogP contribution in [0.15, 0.2) is 46.5 Å². The molecule has 1 aliphatic rings. The molecule has 3 rings (SSSR count). The molecule has 1 aromatic heterocycles. The van der Waals surface area contributed by atoms with Crippen LogP contribution in [0.4, 0.5) is 0 Å². The summed E-state index contributed by atoms with van der Waals surface area (Å²) in [5, 5.41) is 6.23. The van der Waals surface area contributed by atoms with Gasteiger partial charge in [0.2, 0.25) is 10.0 Å². The van der Waals surface area contributed by atoms with E-state index in [0.717, 1.165) is 20.9 Å². The molecular weight excluding hydrogens is 442 g/mol. The SMILES string of the molecule is COC1(Cl)C=CC(CNS(=O)(=O)C(C)c2n[nH]c3c(Br)cccc23)=CC1. The predicted octanol–water partition coefficient (Wildman–Crippen LogP) is 3.77. The number of fused-ring (bicyclic) bond motifs is 1. The second-order valence-corrected chi connectivity index (χ2v) is 9.67. The van der Waals surface area contributed by atoms with Crippen molar-refractivity contribution in [3.8, 4) is 0 Å². The number of para-hydroxylation sites is 1. The van der Waals surface area contributed by atoms with Crippen molar-refractivity contribution in [2.45, 2.75) is 23.7 Å². The van der Waals surface area contributed by atoms with E-state index >= 15 is 0 Å². The maximum Gasteiger partial charge on any atom is 0.220 e. The van der Waals surface area contributed by atoms with E-state index in [2.05, 4.69) is 30.8 Å². The number of sulfonamides is 1. The van der Waals surface area contributed by atoms with Crippen LogP contribution in [0.2, 0.25) is 0 Å². The van der Waals surface area contributed by atoms with Gasteiger partial charge in [-0.25, -0.2) is 13.1 Å². The summed E-state index contributed by atoms with van der Waals surface area (Å²) in [5.41, 5.74) is 2.10. The third kappa shape index (κ3) is 3.89. The predicted molar refractivity (Wildman–Crippen MR) is 107 cm³/mol. The Bertz CT molecular complexity index is 986. The first-order chi connectivity index (χ1) is 12.3. The van der Waals surface area contributed by atoms with Crippen molar-refractivity contribution in [2.75, 3.05) is 13.7 Å². The Morgan fingerprint density at radius 1 is 1.50 bits per heavy atom. The van der Waals surface area contributed by atoms with Crippen molar-refractivity contribution in [3.05, 3.63) is 52.2 Å². The van der Waals surface area contributed by atoms with Crippen molar-refractivity contribution in [1.29, 1.82) is 0 Å². The van der Waals surface area contributed by atoms with Gasteiger partial charge in [-0.3, -0.25) is 5.10 Å². The van der Waals surface area contributed by atoms with Crippen molar-refractivity contribution in [1.82, 2.24) is 14.9 Å². The molecule has 2 aromatic rings. The van der Waals surface area contributed by atoms with Gasteiger partial charge in [-0.2, -0.15) is 5.10 Å². The molecule has 0 aliphatic heterocycles. The fraction of sp³-hybridized carbons (Fsp3) is 0.353. The summed E-state index contributed by atoms with van der Waals surface area (Å²) < 4.78 is 34.1. The molecular formula is C17H19BrClN3O3S. The molecule has 6 nitrogen and oxygen atoms in total. The zero-order valence-corrected chi connectivity index (χ0v) is 17.5. The third-order valence-corrected chi connectivity index (χ3v) is 7.23. The number of nitrogens with one attached hydrogen (secondary N) is 2. The van der Waals surface area contributed by atoms with Crippen LogP contribution < -0.4 is 4.72 Å². The molecule has 2 atom stereocenters. The second-order valence-electron chi connectivity index (χ2n) is 6.09. The number of hydrogen-bond donors (Lipinski definition) is 2. The number of hydrogen-bond acceptors (Lipinski definition) is 4. The fourth-order valence-corrected chi connectivity index (χ4v) is 4.40. The molecule has 1 aliphatic carbocycles. The lowest BCUT2D eigenvalue weighted by Crippen LogP contribution is -2.31. The van der Waals surface area contributed by atoms with E-state index in [9.17, 15) is 8.42 Å². The topological polar surface area (TPSA) is 84.1 Å². The lowest BCUT2D eigenvalue weighted by atomic mass is 10.0. The molecule has 2 unspecified atom stereocenters. The Labute approximate surface area is 165 Å². The molecule has 0 fully saturated rings. The van der Waals surface area contributed by atoms with Crippen molar-refractivity contribution >= 4 is 48.5 Å². The summed E-state index contributed by atoms with van der Waals surface area (Å²) in [6.45, 7) is 1.81. The van der Waals surface area contributed by atoms with Crippen LogP contribution in [-0.2, 0) is 14.8 Å². The average Bonchev–Trinajstić information content (AvgIpc) is 3.06. The minimum absolute atomic E-state index is 0.186. The van der Waals surface area contributed by atoms with Crippen LogP contribution in [0, 0.1) is 0 Å². The number of aromatic amines is 1. The third-order valence-electron chi connectivity index (χ3n) is 4.43. The fourth-order valence-electron chi connectivity index (χ4n) is 2.71. The maximum atomic E-state index is 12.7. The summed E-state index contributed by atoms with van der Waals surface area (Å²) in [4.78, 5) is 0. The highest BCUT2D eigenvalue weighted by molar-refractivity contribution is 9.10. The Morgan fingerprint density at radius 3 is 2.92 bits per heavy atom. The van der Waals surface area contributed by atoms with Crippen LogP contribution >= 0.6 is 27.5 Å². The Balaban J connectivity index is 1.74. The molecule has 0 bridgehead atoms. The van der Waals surface area contributed by atoms with E-state index < -0.39 is 20.3 Å². The number of halogens is 2. The van der Waals surface area contributed by atoms with E-state index in [4.69, 9.17) is 16.3 Å². The Hall–Kier alpha value is -1.19. The molecule has 0 radical (unpaired) electrons. The number of rotatable bonds is 6. The minimum atomic E-state index is -3.61. The van der Waals surface area contributed by atoms with Gasteiger partial charge < -0.3 is 4.74 Å². The molecule has 0 saturated heterocycles. The van der Waals surface area contributed by atoms with E-state index in [1.54, 1.807) is 19.1 Å². The smallest absolute Gasteiger partial charge is 0.220 e. The number of ether oxygens (including phenoxy) is 1. The number of nitrogens with zero attached hydrogens (tertiary/aromatic N) is 1. The van der Waals surface area contributed by atoms with E-state index in [-0.39, 0.29) is 6.54 Å². The van der Waals surface area contributed by atoms with Crippen LogP contribution in [-0.4, -0.2) is 37.3 Å².